The highest BCUT2D eigenvalue weighted by molar-refractivity contribution is 6.30. The van der Waals surface area contributed by atoms with Crippen LogP contribution in [0.2, 0.25) is 5.02 Å². The Kier molecular flexibility index (Phi) is 5.29. The highest BCUT2D eigenvalue weighted by Crippen LogP contribution is 2.36. The van der Waals surface area contributed by atoms with Crippen molar-refractivity contribution in [3.8, 4) is 6.07 Å². The van der Waals surface area contributed by atoms with Crippen LogP contribution in [0.3, 0.4) is 0 Å². The van der Waals surface area contributed by atoms with Gasteiger partial charge in [-0.05, 0) is 44.9 Å². The Hall–Kier alpha value is -1.41. The van der Waals surface area contributed by atoms with Crippen molar-refractivity contribution in [2.75, 3.05) is 11.9 Å². The van der Waals surface area contributed by atoms with Crippen LogP contribution >= 0.6 is 11.6 Å². The Labute approximate surface area is 121 Å². The minimum Gasteiger partial charge on any atom is -0.385 e. The second kappa shape index (κ2) is 6.36. The standard InChI is InChI=1S/C14H16ClF3N2/c1-13(2,9-19)6-3-7-20-12-5-4-10(15)8-11(12)14(16,17)18/h4-5,8,20H,3,6-7H2,1-2H3. The fourth-order valence-corrected chi connectivity index (χ4v) is 1.89. The number of nitrogens with one attached hydrogen (secondary N) is 1. The van der Waals surface area contributed by atoms with Gasteiger partial charge in [-0.3, -0.25) is 0 Å². The predicted octanol–water partition coefficient (Wildman–Crippen LogP) is 5.10. The molecule has 1 aromatic carbocycles. The summed E-state index contributed by atoms with van der Waals surface area (Å²) < 4.78 is 38.5. The number of benzene rings is 1. The third-order valence-electron chi connectivity index (χ3n) is 2.88. The van der Waals surface area contributed by atoms with Crippen molar-refractivity contribution in [1.82, 2.24) is 0 Å². The maximum absolute atomic E-state index is 12.8. The van der Waals surface area contributed by atoms with Crippen molar-refractivity contribution in [3.05, 3.63) is 28.8 Å². The Morgan fingerprint density at radius 2 is 1.95 bits per heavy atom. The molecule has 0 aliphatic carbocycles. The highest BCUT2D eigenvalue weighted by atomic mass is 35.5. The largest absolute Gasteiger partial charge is 0.418 e. The van der Waals surface area contributed by atoms with Crippen molar-refractivity contribution in [2.24, 2.45) is 5.41 Å². The molecule has 2 nitrogen and oxygen atoms in total. The molecule has 6 heteroatoms. The van der Waals surface area contributed by atoms with E-state index in [1.807, 2.05) is 0 Å². The van der Waals surface area contributed by atoms with Crippen molar-refractivity contribution in [2.45, 2.75) is 32.9 Å². The van der Waals surface area contributed by atoms with E-state index in [-0.39, 0.29) is 10.7 Å². The van der Waals surface area contributed by atoms with E-state index >= 15 is 0 Å². The third kappa shape index (κ3) is 4.93. The van der Waals surface area contributed by atoms with Crippen LogP contribution in [0.5, 0.6) is 0 Å². The maximum atomic E-state index is 12.8. The number of hydrogen-bond donors (Lipinski definition) is 1. The van der Waals surface area contributed by atoms with Crippen LogP contribution in [0.1, 0.15) is 32.3 Å². The van der Waals surface area contributed by atoms with Gasteiger partial charge in [0.1, 0.15) is 0 Å². The number of alkyl halides is 3. The quantitative estimate of drug-likeness (QED) is 0.768. The Bertz CT molecular complexity index is 504. The number of nitrogens with zero attached hydrogens (tertiary/aromatic N) is 1. The van der Waals surface area contributed by atoms with E-state index in [9.17, 15) is 13.2 Å². The van der Waals surface area contributed by atoms with Crippen molar-refractivity contribution in [3.63, 3.8) is 0 Å². The molecule has 0 amide bonds. The average molecular weight is 305 g/mol. The lowest BCUT2D eigenvalue weighted by molar-refractivity contribution is -0.136. The normalized spacial score (nSPS) is 12.1. The van der Waals surface area contributed by atoms with E-state index in [4.69, 9.17) is 16.9 Å². The van der Waals surface area contributed by atoms with Crippen molar-refractivity contribution >= 4 is 17.3 Å². The number of nitriles is 1. The number of hydrogen-bond acceptors (Lipinski definition) is 2. The molecule has 0 aromatic heterocycles. The van der Waals surface area contributed by atoms with Gasteiger partial charge in [-0.15, -0.1) is 0 Å². The van der Waals surface area contributed by atoms with E-state index in [0.29, 0.717) is 19.4 Å². The first-order valence-electron chi connectivity index (χ1n) is 6.17. The molecule has 110 valence electrons. The lowest BCUT2D eigenvalue weighted by atomic mass is 9.90. The molecule has 0 atom stereocenters. The fourth-order valence-electron chi connectivity index (χ4n) is 1.71. The van der Waals surface area contributed by atoms with Crippen LogP contribution in [0.15, 0.2) is 18.2 Å². The smallest absolute Gasteiger partial charge is 0.385 e. The highest BCUT2D eigenvalue weighted by Gasteiger charge is 2.33. The zero-order chi connectivity index (χ0) is 15.4. The van der Waals surface area contributed by atoms with Crippen LogP contribution in [-0.2, 0) is 6.18 Å². The van der Waals surface area contributed by atoms with Gasteiger partial charge in [-0.25, -0.2) is 0 Å². The van der Waals surface area contributed by atoms with Crippen LogP contribution in [0, 0.1) is 16.7 Å². The molecule has 0 fully saturated rings. The van der Waals surface area contributed by atoms with Gasteiger partial charge >= 0.3 is 6.18 Å². The first-order chi connectivity index (χ1) is 9.15. The van der Waals surface area contributed by atoms with Gasteiger partial charge in [0.2, 0.25) is 0 Å². The van der Waals surface area contributed by atoms with Gasteiger partial charge in [0.05, 0.1) is 17.0 Å². The summed E-state index contributed by atoms with van der Waals surface area (Å²) in [6.45, 7) is 3.97. The zero-order valence-electron chi connectivity index (χ0n) is 11.3. The lowest BCUT2D eigenvalue weighted by Gasteiger charge is -2.17. The molecule has 20 heavy (non-hydrogen) atoms. The molecule has 1 aromatic rings. The molecule has 0 aliphatic heterocycles. The molecule has 1 N–H and O–H groups in total. The van der Waals surface area contributed by atoms with Gasteiger partial charge in [-0.1, -0.05) is 11.6 Å². The minimum absolute atomic E-state index is 0.0108. The molecule has 0 heterocycles. The minimum atomic E-state index is -4.45. The summed E-state index contributed by atoms with van der Waals surface area (Å²) in [6.07, 6.45) is -3.22. The summed E-state index contributed by atoms with van der Waals surface area (Å²) in [6, 6.07) is 5.80. The van der Waals surface area contributed by atoms with E-state index in [1.54, 1.807) is 13.8 Å². The summed E-state index contributed by atoms with van der Waals surface area (Å²) in [7, 11) is 0. The first-order valence-corrected chi connectivity index (χ1v) is 6.55. The van der Waals surface area contributed by atoms with Crippen LogP contribution < -0.4 is 5.32 Å². The molecular weight excluding hydrogens is 289 g/mol. The van der Waals surface area contributed by atoms with Gasteiger partial charge in [0.15, 0.2) is 0 Å². The Morgan fingerprint density at radius 1 is 1.30 bits per heavy atom. The molecule has 0 spiro atoms. The molecule has 0 saturated heterocycles. The summed E-state index contributed by atoms with van der Waals surface area (Å²) in [5.41, 5.74) is -1.23. The SMILES string of the molecule is CC(C)(C#N)CCCNc1ccc(Cl)cc1C(F)(F)F. The summed E-state index contributed by atoms with van der Waals surface area (Å²) in [5, 5.41) is 11.7. The van der Waals surface area contributed by atoms with Crippen LogP contribution in [0.25, 0.3) is 0 Å². The molecular formula is C14H16ClF3N2. The van der Waals surface area contributed by atoms with E-state index in [0.717, 1.165) is 6.07 Å². The third-order valence-corrected chi connectivity index (χ3v) is 3.12. The number of anilines is 1. The van der Waals surface area contributed by atoms with Crippen molar-refractivity contribution < 1.29 is 13.2 Å². The molecule has 0 bridgehead atoms. The van der Waals surface area contributed by atoms with Gasteiger partial charge in [-0.2, -0.15) is 18.4 Å². The topological polar surface area (TPSA) is 35.8 Å². The summed E-state index contributed by atoms with van der Waals surface area (Å²) in [4.78, 5) is 0. The van der Waals surface area contributed by atoms with Gasteiger partial charge < -0.3 is 5.32 Å². The van der Waals surface area contributed by atoms with Crippen molar-refractivity contribution in [1.29, 1.82) is 5.26 Å². The van der Waals surface area contributed by atoms with E-state index in [2.05, 4.69) is 11.4 Å². The van der Waals surface area contributed by atoms with E-state index < -0.39 is 17.2 Å². The Morgan fingerprint density at radius 3 is 2.50 bits per heavy atom. The second-order valence-electron chi connectivity index (χ2n) is 5.21. The second-order valence-corrected chi connectivity index (χ2v) is 5.65. The fraction of sp³-hybridized carbons (Fsp3) is 0.500. The molecule has 0 radical (unpaired) electrons. The Balaban J connectivity index is 2.68. The summed E-state index contributed by atoms with van der Waals surface area (Å²) >= 11 is 5.60. The zero-order valence-corrected chi connectivity index (χ0v) is 12.1. The first kappa shape index (κ1) is 16.6. The average Bonchev–Trinajstić information content (AvgIpc) is 2.35. The summed E-state index contributed by atoms with van der Waals surface area (Å²) in [5.74, 6) is 0. The predicted molar refractivity (Wildman–Crippen MR) is 73.6 cm³/mol. The lowest BCUT2D eigenvalue weighted by Crippen LogP contribution is -2.14. The van der Waals surface area contributed by atoms with Crippen LogP contribution in [0.4, 0.5) is 18.9 Å². The maximum Gasteiger partial charge on any atom is 0.418 e. The molecule has 0 unspecified atom stereocenters. The molecule has 1 rings (SSSR count). The monoisotopic (exact) mass is 304 g/mol. The van der Waals surface area contributed by atoms with Gasteiger partial charge in [0.25, 0.3) is 0 Å². The number of halogens is 4. The van der Waals surface area contributed by atoms with Gasteiger partial charge in [0, 0.05) is 17.3 Å². The number of rotatable bonds is 5. The molecule has 0 aliphatic rings. The van der Waals surface area contributed by atoms with E-state index in [1.165, 1.54) is 12.1 Å². The van der Waals surface area contributed by atoms with Crippen LogP contribution in [-0.4, -0.2) is 6.54 Å². The molecule has 0 saturated carbocycles.